The van der Waals surface area contributed by atoms with Gasteiger partial charge in [0.15, 0.2) is 0 Å². The summed E-state index contributed by atoms with van der Waals surface area (Å²) in [5, 5.41) is 3.04. The van der Waals surface area contributed by atoms with E-state index in [2.05, 4.69) is 16.3 Å². The van der Waals surface area contributed by atoms with Crippen molar-refractivity contribution in [1.82, 2.24) is 10.2 Å². The number of methoxy groups -OCH3 is 1. The van der Waals surface area contributed by atoms with Gasteiger partial charge in [0, 0.05) is 23.2 Å². The molecule has 0 radical (unpaired) electrons. The van der Waals surface area contributed by atoms with E-state index >= 15 is 0 Å². The van der Waals surface area contributed by atoms with Gasteiger partial charge in [-0.15, -0.1) is 0 Å². The van der Waals surface area contributed by atoms with Gasteiger partial charge >= 0.3 is 0 Å². The summed E-state index contributed by atoms with van der Waals surface area (Å²) < 4.78 is 5.53. The Kier molecular flexibility index (Phi) is 6.02. The van der Waals surface area contributed by atoms with Gasteiger partial charge in [0.25, 0.3) is 5.91 Å². The van der Waals surface area contributed by atoms with Crippen LogP contribution in [-0.4, -0.2) is 43.8 Å². The number of amides is 1. The van der Waals surface area contributed by atoms with E-state index in [1.54, 1.807) is 31.4 Å². The molecular weight excluding hydrogens is 328 g/mol. The van der Waals surface area contributed by atoms with E-state index in [4.69, 9.17) is 4.74 Å². The van der Waals surface area contributed by atoms with Crippen LogP contribution >= 0.6 is 0 Å². The molecule has 1 fully saturated rings. The lowest BCUT2D eigenvalue weighted by molar-refractivity contribution is 0.0936. The normalized spacial score (nSPS) is 15.4. The molecule has 3 rings (SSSR count). The molecule has 5 heteroatoms. The zero-order chi connectivity index (χ0) is 18.4. The molecule has 0 spiro atoms. The van der Waals surface area contributed by atoms with Crippen LogP contribution in [0.4, 0.5) is 0 Å². The highest BCUT2D eigenvalue weighted by molar-refractivity contribution is 5.94. The van der Waals surface area contributed by atoms with Crippen LogP contribution in [0, 0.1) is 0 Å². The smallest absolute Gasteiger partial charge is 0.251 e. The van der Waals surface area contributed by atoms with Gasteiger partial charge in [-0.2, -0.15) is 0 Å². The Bertz CT molecular complexity index is 752. The predicted molar refractivity (Wildman–Crippen MR) is 101 cm³/mol. The summed E-state index contributed by atoms with van der Waals surface area (Å²) >= 11 is 0. The number of nitrogens with zero attached hydrogens (tertiary/aromatic N) is 1. The average molecular weight is 352 g/mol. The molecule has 136 valence electrons. The van der Waals surface area contributed by atoms with Crippen molar-refractivity contribution in [3.05, 3.63) is 65.2 Å². The number of benzene rings is 2. The highest BCUT2D eigenvalue weighted by Crippen LogP contribution is 2.31. The number of likely N-dealkylation sites (tertiary alicyclic amines) is 1. The van der Waals surface area contributed by atoms with Gasteiger partial charge in [-0.3, -0.25) is 14.5 Å². The van der Waals surface area contributed by atoms with Crippen molar-refractivity contribution >= 4 is 12.2 Å². The maximum absolute atomic E-state index is 12.5. The van der Waals surface area contributed by atoms with E-state index < -0.39 is 0 Å². The largest absolute Gasteiger partial charge is 0.496 e. The molecule has 0 aromatic heterocycles. The van der Waals surface area contributed by atoms with Crippen LogP contribution in [0.25, 0.3) is 0 Å². The molecule has 1 atom stereocenters. The summed E-state index contributed by atoms with van der Waals surface area (Å²) in [5.74, 6) is 0.704. The second-order valence-corrected chi connectivity index (χ2v) is 6.45. The minimum Gasteiger partial charge on any atom is -0.496 e. The van der Waals surface area contributed by atoms with Crippen molar-refractivity contribution < 1.29 is 14.3 Å². The summed E-state index contributed by atoms with van der Waals surface area (Å²) in [4.78, 5) is 25.6. The van der Waals surface area contributed by atoms with Crippen molar-refractivity contribution in [2.45, 2.75) is 18.9 Å². The summed E-state index contributed by atoms with van der Waals surface area (Å²) in [6.07, 6.45) is 3.12. The maximum atomic E-state index is 12.5. The first-order chi connectivity index (χ1) is 12.7. The lowest BCUT2D eigenvalue weighted by Gasteiger charge is -2.29. The molecular formula is C21H24N2O3. The number of carbonyl (C=O) groups excluding carboxylic acids is 2. The Morgan fingerprint density at radius 2 is 1.85 bits per heavy atom. The predicted octanol–water partition coefficient (Wildman–Crippen LogP) is 3.07. The highest BCUT2D eigenvalue weighted by Gasteiger charge is 2.26. The third-order valence-corrected chi connectivity index (χ3v) is 4.84. The number of nitrogens with one attached hydrogen (secondary N) is 1. The molecule has 1 heterocycles. The Hall–Kier alpha value is -2.66. The minimum atomic E-state index is -0.137. The van der Waals surface area contributed by atoms with E-state index in [0.717, 1.165) is 30.7 Å². The zero-order valence-corrected chi connectivity index (χ0v) is 15.0. The molecule has 1 unspecified atom stereocenters. The molecule has 2 aromatic carbocycles. The van der Waals surface area contributed by atoms with Crippen molar-refractivity contribution in [3.8, 4) is 5.75 Å². The number of hydrogen-bond donors (Lipinski definition) is 1. The first-order valence-electron chi connectivity index (χ1n) is 8.93. The molecule has 0 bridgehead atoms. The van der Waals surface area contributed by atoms with Crippen LogP contribution in [0.15, 0.2) is 48.5 Å². The number of ether oxygens (including phenoxy) is 1. The molecule has 0 saturated carbocycles. The maximum Gasteiger partial charge on any atom is 0.251 e. The van der Waals surface area contributed by atoms with E-state index in [0.29, 0.717) is 17.7 Å². The minimum absolute atomic E-state index is 0.0758. The number of carbonyl (C=O) groups is 2. The van der Waals surface area contributed by atoms with Crippen molar-refractivity contribution in [3.63, 3.8) is 0 Å². The van der Waals surface area contributed by atoms with Crippen LogP contribution in [0.2, 0.25) is 0 Å². The molecule has 5 nitrogen and oxygen atoms in total. The molecule has 26 heavy (non-hydrogen) atoms. The van der Waals surface area contributed by atoms with Gasteiger partial charge in [-0.05, 0) is 44.1 Å². The van der Waals surface area contributed by atoms with Gasteiger partial charge in [-0.1, -0.05) is 30.3 Å². The Balaban J connectivity index is 1.75. The summed E-state index contributed by atoms with van der Waals surface area (Å²) in [6.45, 7) is 2.55. The molecule has 1 N–H and O–H groups in total. The molecule has 1 aliphatic heterocycles. The highest BCUT2D eigenvalue weighted by atomic mass is 16.5. The average Bonchev–Trinajstić information content (AvgIpc) is 3.23. The number of para-hydroxylation sites is 1. The lowest BCUT2D eigenvalue weighted by atomic mass is 10.0. The Morgan fingerprint density at radius 3 is 2.50 bits per heavy atom. The van der Waals surface area contributed by atoms with Crippen LogP contribution in [-0.2, 0) is 0 Å². The van der Waals surface area contributed by atoms with Gasteiger partial charge in [0.2, 0.25) is 0 Å². The zero-order valence-electron chi connectivity index (χ0n) is 15.0. The van der Waals surface area contributed by atoms with Gasteiger partial charge in [0.1, 0.15) is 12.0 Å². The van der Waals surface area contributed by atoms with E-state index in [9.17, 15) is 9.59 Å². The van der Waals surface area contributed by atoms with Crippen molar-refractivity contribution in [1.29, 1.82) is 0 Å². The Labute approximate surface area is 154 Å². The fourth-order valence-electron chi connectivity index (χ4n) is 3.44. The van der Waals surface area contributed by atoms with E-state index in [1.807, 2.05) is 18.2 Å². The fourth-order valence-corrected chi connectivity index (χ4v) is 3.44. The molecule has 2 aromatic rings. The molecule has 1 aliphatic rings. The van der Waals surface area contributed by atoms with E-state index in [-0.39, 0.29) is 11.9 Å². The number of rotatable bonds is 7. The van der Waals surface area contributed by atoms with Gasteiger partial charge < -0.3 is 10.1 Å². The van der Waals surface area contributed by atoms with Gasteiger partial charge in [-0.25, -0.2) is 0 Å². The first kappa shape index (κ1) is 18.1. The molecule has 0 aliphatic carbocycles. The standard InChI is InChI=1S/C21H24N2O3/c1-26-20-7-3-2-6-18(20)19(23-12-4-5-13-23)14-22-21(25)17-10-8-16(15-24)9-11-17/h2-3,6-11,15,19H,4-5,12-14H2,1H3,(H,22,25). The van der Waals surface area contributed by atoms with Crippen LogP contribution in [0.3, 0.4) is 0 Å². The second kappa shape index (κ2) is 8.63. The fraction of sp³-hybridized carbons (Fsp3) is 0.333. The quantitative estimate of drug-likeness (QED) is 0.778. The van der Waals surface area contributed by atoms with Crippen molar-refractivity contribution in [2.24, 2.45) is 0 Å². The second-order valence-electron chi connectivity index (χ2n) is 6.45. The van der Waals surface area contributed by atoms with Crippen LogP contribution in [0.5, 0.6) is 5.75 Å². The van der Waals surface area contributed by atoms with Crippen LogP contribution in [0.1, 0.15) is 45.2 Å². The molecule has 1 amide bonds. The monoisotopic (exact) mass is 352 g/mol. The summed E-state index contributed by atoms with van der Waals surface area (Å²) in [7, 11) is 1.67. The first-order valence-corrected chi connectivity index (χ1v) is 8.93. The SMILES string of the molecule is COc1ccccc1C(CNC(=O)c1ccc(C=O)cc1)N1CCCC1. The van der Waals surface area contributed by atoms with Crippen molar-refractivity contribution in [2.75, 3.05) is 26.7 Å². The van der Waals surface area contributed by atoms with E-state index in [1.165, 1.54) is 12.8 Å². The summed E-state index contributed by atoms with van der Waals surface area (Å²) in [5.41, 5.74) is 2.20. The van der Waals surface area contributed by atoms with Gasteiger partial charge in [0.05, 0.1) is 13.2 Å². The third-order valence-electron chi connectivity index (χ3n) is 4.84. The number of aldehydes is 1. The molecule has 1 saturated heterocycles. The topological polar surface area (TPSA) is 58.6 Å². The van der Waals surface area contributed by atoms with Crippen LogP contribution < -0.4 is 10.1 Å². The third kappa shape index (κ3) is 4.11. The summed E-state index contributed by atoms with van der Waals surface area (Å²) in [6, 6.07) is 14.7. The lowest BCUT2D eigenvalue weighted by Crippen LogP contribution is -2.37. The number of hydrogen-bond acceptors (Lipinski definition) is 4. The Morgan fingerprint density at radius 1 is 1.15 bits per heavy atom.